The van der Waals surface area contributed by atoms with E-state index in [0.717, 1.165) is 53.8 Å². The number of benzene rings is 2. The minimum Gasteiger partial charge on any atom is -0.372 e. The average molecular weight is 653 g/mol. The van der Waals surface area contributed by atoms with E-state index in [1.807, 2.05) is 0 Å². The van der Waals surface area contributed by atoms with Crippen molar-refractivity contribution in [2.45, 2.75) is 143 Å². The lowest BCUT2D eigenvalue weighted by molar-refractivity contribution is -0.142. The van der Waals surface area contributed by atoms with Crippen molar-refractivity contribution in [3.8, 4) is 0 Å². The molecule has 6 nitrogen and oxygen atoms in total. The van der Waals surface area contributed by atoms with Gasteiger partial charge in [0.25, 0.3) is 0 Å². The van der Waals surface area contributed by atoms with Crippen molar-refractivity contribution in [2.75, 3.05) is 18.0 Å². The van der Waals surface area contributed by atoms with Gasteiger partial charge in [-0.15, -0.1) is 0 Å². The third-order valence-corrected chi connectivity index (χ3v) is 10.4. The number of aryl methyl sites for hydroxylation is 2. The van der Waals surface area contributed by atoms with Crippen LogP contribution in [0.15, 0.2) is 54.9 Å². The number of fused-ring (bicyclic) bond motifs is 2. The summed E-state index contributed by atoms with van der Waals surface area (Å²) in [7, 11) is 0. The van der Waals surface area contributed by atoms with E-state index in [4.69, 9.17) is 9.72 Å². The Morgan fingerprint density at radius 2 is 1.40 bits per heavy atom. The summed E-state index contributed by atoms with van der Waals surface area (Å²) in [6.07, 6.45) is 19.8. The molecule has 4 aromatic rings. The predicted molar refractivity (Wildman–Crippen MR) is 200 cm³/mol. The molecule has 0 fully saturated rings. The number of rotatable bonds is 20. The van der Waals surface area contributed by atoms with Gasteiger partial charge in [-0.25, -0.2) is 0 Å². The summed E-state index contributed by atoms with van der Waals surface area (Å²) in [5, 5.41) is 12.6. The van der Waals surface area contributed by atoms with Gasteiger partial charge in [-0.2, -0.15) is 0 Å². The molecule has 0 amide bonds. The number of unbranched alkanes of at least 4 members (excludes halogenated alkanes) is 11. The summed E-state index contributed by atoms with van der Waals surface area (Å²) in [4.78, 5) is 12.1. The summed E-state index contributed by atoms with van der Waals surface area (Å²) in [5.41, 5.74) is 6.95. The molecule has 0 saturated heterocycles. The maximum absolute atomic E-state index is 11.4. The highest BCUT2D eigenvalue weighted by Gasteiger charge is 2.53. The standard InChI is InChI=1S/C42H60N4O2/c1-6-9-12-15-16-21-30-46-33(5)38(35-22-17-18-23-37(35)46)42(40-39(41(47)48-42)43-26-27-44-40)36-25-24-34(31-32(36)4)45(28-19-13-10-7-2)29-20-14-11-8-3/h17-18,22-27,31,41,47H,6-16,19-21,28-30H2,1-5H3. The van der Waals surface area contributed by atoms with Crippen molar-refractivity contribution < 1.29 is 9.84 Å². The zero-order valence-corrected chi connectivity index (χ0v) is 30.4. The van der Waals surface area contributed by atoms with E-state index in [9.17, 15) is 5.11 Å². The molecule has 1 N–H and O–H groups in total. The second-order valence-electron chi connectivity index (χ2n) is 13.9. The van der Waals surface area contributed by atoms with Gasteiger partial charge in [0, 0.05) is 59.9 Å². The van der Waals surface area contributed by atoms with Gasteiger partial charge in [-0.3, -0.25) is 9.97 Å². The van der Waals surface area contributed by atoms with Crippen LogP contribution in [0.1, 0.15) is 151 Å². The summed E-state index contributed by atoms with van der Waals surface area (Å²) in [5.74, 6) is 0. The Morgan fingerprint density at radius 1 is 0.771 bits per heavy atom. The van der Waals surface area contributed by atoms with Crippen molar-refractivity contribution in [3.63, 3.8) is 0 Å². The topological polar surface area (TPSA) is 63.4 Å². The lowest BCUT2D eigenvalue weighted by Gasteiger charge is -2.33. The number of nitrogens with zero attached hydrogens (tertiary/aromatic N) is 4. The van der Waals surface area contributed by atoms with Crippen LogP contribution in [0.4, 0.5) is 5.69 Å². The van der Waals surface area contributed by atoms with E-state index in [0.29, 0.717) is 11.4 Å². The third kappa shape index (κ3) is 7.65. The minimum atomic E-state index is -1.17. The second-order valence-corrected chi connectivity index (χ2v) is 13.9. The SMILES string of the molecule is CCCCCCCCn1c(C)c(C2(c3ccc(N(CCCCCC)CCCCCC)cc3C)OC(O)c3nccnc32)c2ccccc21. The molecule has 1 aliphatic heterocycles. The van der Waals surface area contributed by atoms with Crippen molar-refractivity contribution in [1.29, 1.82) is 0 Å². The molecule has 2 unspecified atom stereocenters. The monoisotopic (exact) mass is 652 g/mol. The lowest BCUT2D eigenvalue weighted by atomic mass is 9.79. The molecule has 2 aromatic carbocycles. The minimum absolute atomic E-state index is 0.501. The first-order valence-corrected chi connectivity index (χ1v) is 19.1. The summed E-state index contributed by atoms with van der Waals surface area (Å²) >= 11 is 0. The lowest BCUT2D eigenvalue weighted by Crippen LogP contribution is -2.32. The van der Waals surface area contributed by atoms with Gasteiger partial charge < -0.3 is 19.3 Å². The van der Waals surface area contributed by atoms with Gasteiger partial charge in [-0.05, 0) is 62.4 Å². The number of para-hydroxylation sites is 1. The smallest absolute Gasteiger partial charge is 0.202 e. The highest BCUT2D eigenvalue weighted by molar-refractivity contribution is 5.88. The summed E-state index contributed by atoms with van der Waals surface area (Å²) in [6.45, 7) is 14.3. The van der Waals surface area contributed by atoms with Crippen LogP contribution in [0.2, 0.25) is 0 Å². The van der Waals surface area contributed by atoms with Gasteiger partial charge in [0.05, 0.1) is 0 Å². The molecule has 1 aliphatic rings. The Labute approximate surface area is 290 Å². The molecule has 0 aliphatic carbocycles. The second kappa shape index (κ2) is 17.4. The molecule has 48 heavy (non-hydrogen) atoms. The van der Waals surface area contributed by atoms with Crippen molar-refractivity contribution in [1.82, 2.24) is 14.5 Å². The molecule has 6 heteroatoms. The van der Waals surface area contributed by atoms with Crippen molar-refractivity contribution in [3.05, 3.63) is 88.6 Å². The fraction of sp³-hybridized carbons (Fsp3) is 0.571. The summed E-state index contributed by atoms with van der Waals surface area (Å²) in [6, 6.07) is 15.5. The highest BCUT2D eigenvalue weighted by atomic mass is 16.6. The Morgan fingerprint density at radius 3 is 2.08 bits per heavy atom. The quantitative estimate of drug-likeness (QED) is 0.0963. The van der Waals surface area contributed by atoms with E-state index in [-0.39, 0.29) is 0 Å². The average Bonchev–Trinajstić information content (AvgIpc) is 3.55. The zero-order valence-electron chi connectivity index (χ0n) is 30.4. The van der Waals surface area contributed by atoms with E-state index in [1.165, 1.54) is 94.7 Å². The van der Waals surface area contributed by atoms with E-state index >= 15 is 0 Å². The molecule has 260 valence electrons. The van der Waals surface area contributed by atoms with Gasteiger partial charge in [-0.1, -0.05) is 116 Å². The molecular weight excluding hydrogens is 592 g/mol. The molecular formula is C42H60N4O2. The van der Waals surface area contributed by atoms with Crippen LogP contribution < -0.4 is 4.90 Å². The van der Waals surface area contributed by atoms with Crippen LogP contribution in [-0.2, 0) is 16.9 Å². The van der Waals surface area contributed by atoms with Crippen molar-refractivity contribution >= 4 is 16.6 Å². The maximum Gasteiger partial charge on any atom is 0.202 e. The Balaban J connectivity index is 1.58. The van der Waals surface area contributed by atoms with Gasteiger partial charge in [0.1, 0.15) is 11.4 Å². The fourth-order valence-electron chi connectivity index (χ4n) is 7.87. The van der Waals surface area contributed by atoms with Crippen LogP contribution in [-0.4, -0.2) is 32.7 Å². The molecule has 0 bridgehead atoms. The zero-order chi connectivity index (χ0) is 33.9. The van der Waals surface area contributed by atoms with E-state index in [2.05, 4.69) is 91.5 Å². The van der Waals surface area contributed by atoms with Gasteiger partial charge in [0.15, 0.2) is 5.60 Å². The number of aromatic nitrogens is 3. The van der Waals surface area contributed by atoms with Gasteiger partial charge in [0.2, 0.25) is 6.29 Å². The highest BCUT2D eigenvalue weighted by Crippen LogP contribution is 2.53. The first kappa shape index (κ1) is 36.1. The number of aliphatic hydroxyl groups excluding tert-OH is 1. The molecule has 5 rings (SSSR count). The number of anilines is 1. The van der Waals surface area contributed by atoms with Crippen LogP contribution in [0.25, 0.3) is 10.9 Å². The fourth-order valence-corrected chi connectivity index (χ4v) is 7.87. The molecule has 0 radical (unpaired) electrons. The Kier molecular flexibility index (Phi) is 13.1. The normalized spacial score (nSPS) is 17.3. The van der Waals surface area contributed by atoms with Crippen LogP contribution in [0, 0.1) is 13.8 Å². The van der Waals surface area contributed by atoms with E-state index in [1.54, 1.807) is 12.4 Å². The number of hydrogen-bond acceptors (Lipinski definition) is 5. The number of hydrogen-bond donors (Lipinski definition) is 1. The largest absolute Gasteiger partial charge is 0.372 e. The first-order valence-electron chi connectivity index (χ1n) is 19.1. The molecule has 3 heterocycles. The van der Waals surface area contributed by atoms with Crippen LogP contribution in [0.5, 0.6) is 0 Å². The van der Waals surface area contributed by atoms with Crippen molar-refractivity contribution in [2.24, 2.45) is 0 Å². The third-order valence-electron chi connectivity index (χ3n) is 10.4. The maximum atomic E-state index is 11.4. The molecule has 2 aromatic heterocycles. The van der Waals surface area contributed by atoms with Gasteiger partial charge >= 0.3 is 0 Å². The predicted octanol–water partition coefficient (Wildman–Crippen LogP) is 10.7. The number of ether oxygens (including phenoxy) is 1. The van der Waals surface area contributed by atoms with Crippen LogP contribution >= 0.6 is 0 Å². The molecule has 0 saturated carbocycles. The van der Waals surface area contributed by atoms with E-state index < -0.39 is 11.9 Å². The number of aliphatic hydroxyl groups is 1. The molecule has 2 atom stereocenters. The first-order chi connectivity index (χ1) is 23.5. The Bertz CT molecular complexity index is 1580. The summed E-state index contributed by atoms with van der Waals surface area (Å²) < 4.78 is 9.30. The Hall–Kier alpha value is -3.22. The van der Waals surface area contributed by atoms with Crippen LogP contribution in [0.3, 0.4) is 0 Å². The molecule has 0 spiro atoms.